The molecule has 7 heteroatoms. The minimum absolute atomic E-state index is 0.0979. The molecular weight excluding hydrogens is 380 g/mol. The van der Waals surface area contributed by atoms with Gasteiger partial charge in [0, 0.05) is 6.42 Å². The summed E-state index contributed by atoms with van der Waals surface area (Å²) in [4.78, 5) is 12.6. The van der Waals surface area contributed by atoms with Gasteiger partial charge in [-0.2, -0.15) is 0 Å². The average Bonchev–Trinajstić information content (AvgIpc) is 3.11. The molecule has 0 N–H and O–H groups in total. The molecule has 3 rings (SSSR count). The lowest BCUT2D eigenvalue weighted by Crippen LogP contribution is -2.41. The van der Waals surface area contributed by atoms with Crippen LogP contribution in [0, 0.1) is 0 Å². The highest BCUT2D eigenvalue weighted by atomic mass is 32.2. The van der Waals surface area contributed by atoms with Gasteiger partial charge in [0.1, 0.15) is 0 Å². The number of ether oxygens (including phenoxy) is 3. The molecule has 1 heterocycles. The third-order valence-electron chi connectivity index (χ3n) is 5.19. The summed E-state index contributed by atoms with van der Waals surface area (Å²) in [7, 11) is -3.62. The van der Waals surface area contributed by atoms with Crippen LogP contribution in [0.4, 0.5) is 0 Å². The van der Waals surface area contributed by atoms with Gasteiger partial charge in [0.25, 0.3) is 0 Å². The molecule has 1 aromatic carbocycles. The van der Waals surface area contributed by atoms with E-state index in [0.29, 0.717) is 19.6 Å². The van der Waals surface area contributed by atoms with E-state index in [-0.39, 0.29) is 24.4 Å². The van der Waals surface area contributed by atoms with Crippen LogP contribution < -0.4 is 0 Å². The second-order valence-corrected chi connectivity index (χ2v) is 9.37. The SMILES string of the molecule is CCCc1ccccc1CS(=O)(=O)C1CCC2(C=C1C(=O)OCC)OCCO2. The van der Waals surface area contributed by atoms with Gasteiger partial charge in [-0.05, 0) is 37.0 Å². The fourth-order valence-electron chi connectivity index (χ4n) is 3.89. The van der Waals surface area contributed by atoms with E-state index in [0.717, 1.165) is 24.0 Å². The predicted octanol–water partition coefficient (Wildman–Crippen LogP) is 2.95. The topological polar surface area (TPSA) is 78.9 Å². The number of hydrogen-bond donors (Lipinski definition) is 0. The maximum atomic E-state index is 13.3. The smallest absolute Gasteiger partial charge is 0.335 e. The van der Waals surface area contributed by atoms with E-state index in [4.69, 9.17) is 14.2 Å². The number of carbonyl (C=O) groups is 1. The largest absolute Gasteiger partial charge is 0.463 e. The van der Waals surface area contributed by atoms with E-state index in [1.807, 2.05) is 24.3 Å². The molecule has 1 spiro atoms. The summed E-state index contributed by atoms with van der Waals surface area (Å²) < 4.78 is 43.1. The molecule has 2 aliphatic rings. The molecule has 1 unspecified atom stereocenters. The minimum atomic E-state index is -3.62. The molecule has 1 atom stereocenters. The number of rotatable bonds is 7. The first-order chi connectivity index (χ1) is 13.4. The normalized spacial score (nSPS) is 21.5. The number of benzene rings is 1. The summed E-state index contributed by atoms with van der Waals surface area (Å²) in [5, 5.41) is -0.917. The van der Waals surface area contributed by atoms with Crippen LogP contribution in [0.5, 0.6) is 0 Å². The summed E-state index contributed by atoms with van der Waals surface area (Å²) in [6, 6.07) is 7.59. The van der Waals surface area contributed by atoms with Gasteiger partial charge in [0.2, 0.25) is 0 Å². The molecule has 0 amide bonds. The van der Waals surface area contributed by atoms with E-state index in [9.17, 15) is 13.2 Å². The lowest BCUT2D eigenvalue weighted by atomic mass is 9.94. The second-order valence-electron chi connectivity index (χ2n) is 7.18. The fourth-order valence-corrected chi connectivity index (χ4v) is 5.84. The Kier molecular flexibility index (Phi) is 6.58. The Morgan fingerprint density at radius 1 is 1.18 bits per heavy atom. The monoisotopic (exact) mass is 408 g/mol. The van der Waals surface area contributed by atoms with Crippen LogP contribution in [-0.4, -0.2) is 45.2 Å². The highest BCUT2D eigenvalue weighted by Gasteiger charge is 2.46. The third kappa shape index (κ3) is 4.47. The second kappa shape index (κ2) is 8.76. The maximum Gasteiger partial charge on any atom is 0.335 e. The lowest BCUT2D eigenvalue weighted by molar-refractivity contribution is -0.143. The molecule has 0 bridgehead atoms. The Hall–Kier alpha value is -1.70. The average molecular weight is 409 g/mol. The predicted molar refractivity (Wildman–Crippen MR) is 105 cm³/mol. The van der Waals surface area contributed by atoms with Gasteiger partial charge in [-0.25, -0.2) is 13.2 Å². The summed E-state index contributed by atoms with van der Waals surface area (Å²) >= 11 is 0. The van der Waals surface area contributed by atoms with E-state index in [1.165, 1.54) is 6.08 Å². The molecule has 28 heavy (non-hydrogen) atoms. The summed E-state index contributed by atoms with van der Waals surface area (Å²) in [6.07, 6.45) is 3.95. The van der Waals surface area contributed by atoms with E-state index in [1.54, 1.807) is 6.92 Å². The number of esters is 1. The Labute approximate surface area is 166 Å². The Balaban J connectivity index is 1.92. The minimum Gasteiger partial charge on any atom is -0.463 e. The van der Waals surface area contributed by atoms with Crippen LogP contribution in [0.2, 0.25) is 0 Å². The van der Waals surface area contributed by atoms with Gasteiger partial charge < -0.3 is 14.2 Å². The van der Waals surface area contributed by atoms with E-state index < -0.39 is 26.8 Å². The zero-order chi connectivity index (χ0) is 20.2. The Morgan fingerprint density at radius 3 is 2.50 bits per heavy atom. The third-order valence-corrected chi connectivity index (χ3v) is 7.26. The maximum absolute atomic E-state index is 13.3. The number of sulfone groups is 1. The zero-order valence-electron chi connectivity index (χ0n) is 16.5. The van der Waals surface area contributed by atoms with Gasteiger partial charge in [-0.1, -0.05) is 37.6 Å². The molecule has 154 valence electrons. The number of carbonyl (C=O) groups excluding carboxylic acids is 1. The number of aryl methyl sites for hydroxylation is 1. The number of hydrogen-bond acceptors (Lipinski definition) is 6. The van der Waals surface area contributed by atoms with Crippen molar-refractivity contribution >= 4 is 15.8 Å². The first kappa shape index (κ1) is 21.0. The van der Waals surface area contributed by atoms with Crippen molar-refractivity contribution in [1.82, 2.24) is 0 Å². The standard InChI is InChI=1S/C21H28O6S/c1-3-7-16-8-5-6-9-17(16)15-28(23,24)19-10-11-21(26-12-13-27-21)14-18(19)20(22)25-4-2/h5-6,8-9,14,19H,3-4,7,10-13,15H2,1-2H3. The molecule has 1 aliphatic carbocycles. The fraction of sp³-hybridized carbons (Fsp3) is 0.571. The Bertz CT molecular complexity index is 836. The van der Waals surface area contributed by atoms with Gasteiger partial charge >= 0.3 is 5.97 Å². The van der Waals surface area contributed by atoms with Crippen molar-refractivity contribution in [1.29, 1.82) is 0 Å². The molecule has 1 fully saturated rings. The van der Waals surface area contributed by atoms with Gasteiger partial charge in [0.15, 0.2) is 15.6 Å². The molecule has 0 radical (unpaired) electrons. The molecule has 1 aliphatic heterocycles. The highest BCUT2D eigenvalue weighted by Crippen LogP contribution is 2.38. The zero-order valence-corrected chi connectivity index (χ0v) is 17.3. The van der Waals surface area contributed by atoms with Crippen LogP contribution in [-0.2, 0) is 41.0 Å². The van der Waals surface area contributed by atoms with Crippen molar-refractivity contribution in [2.45, 2.75) is 56.3 Å². The lowest BCUT2D eigenvalue weighted by Gasteiger charge is -2.33. The van der Waals surface area contributed by atoms with Crippen LogP contribution in [0.15, 0.2) is 35.9 Å². The quantitative estimate of drug-likeness (QED) is 0.646. The van der Waals surface area contributed by atoms with Crippen molar-refractivity contribution in [3.05, 3.63) is 47.0 Å². The van der Waals surface area contributed by atoms with E-state index in [2.05, 4.69) is 6.92 Å². The van der Waals surface area contributed by atoms with E-state index >= 15 is 0 Å². The van der Waals surface area contributed by atoms with Crippen molar-refractivity contribution in [3.8, 4) is 0 Å². The van der Waals surface area contributed by atoms with Crippen molar-refractivity contribution < 1.29 is 27.4 Å². The van der Waals surface area contributed by atoms with Crippen LogP contribution in [0.3, 0.4) is 0 Å². The summed E-state index contributed by atoms with van der Waals surface area (Å²) in [5.74, 6) is -1.72. The molecule has 0 aromatic heterocycles. The summed E-state index contributed by atoms with van der Waals surface area (Å²) in [6.45, 7) is 4.79. The van der Waals surface area contributed by atoms with Crippen LogP contribution >= 0.6 is 0 Å². The van der Waals surface area contributed by atoms with Gasteiger partial charge in [-0.3, -0.25) is 0 Å². The molecule has 0 saturated carbocycles. The molecular formula is C21H28O6S. The summed E-state index contributed by atoms with van der Waals surface area (Å²) in [5.41, 5.74) is 1.95. The van der Waals surface area contributed by atoms with Crippen molar-refractivity contribution in [3.63, 3.8) is 0 Å². The first-order valence-electron chi connectivity index (χ1n) is 9.87. The molecule has 1 aromatic rings. The van der Waals surface area contributed by atoms with Crippen LogP contribution in [0.1, 0.15) is 44.2 Å². The first-order valence-corrected chi connectivity index (χ1v) is 11.6. The van der Waals surface area contributed by atoms with Gasteiger partial charge in [-0.15, -0.1) is 0 Å². The molecule has 6 nitrogen and oxygen atoms in total. The van der Waals surface area contributed by atoms with Crippen molar-refractivity contribution in [2.75, 3.05) is 19.8 Å². The van der Waals surface area contributed by atoms with Crippen LogP contribution in [0.25, 0.3) is 0 Å². The Morgan fingerprint density at radius 2 is 1.86 bits per heavy atom. The van der Waals surface area contributed by atoms with Crippen molar-refractivity contribution in [2.24, 2.45) is 0 Å². The molecule has 1 saturated heterocycles. The highest BCUT2D eigenvalue weighted by molar-refractivity contribution is 7.91. The van der Waals surface area contributed by atoms with Gasteiger partial charge in [0.05, 0.1) is 36.4 Å².